The molecule has 0 saturated carbocycles. The van der Waals surface area contributed by atoms with Crippen molar-refractivity contribution in [1.82, 2.24) is 19.7 Å². The van der Waals surface area contributed by atoms with Gasteiger partial charge in [-0.05, 0) is 25.5 Å². The minimum atomic E-state index is -0.136. The number of anilines is 2. The van der Waals surface area contributed by atoms with Gasteiger partial charge in [0, 0.05) is 38.4 Å². The van der Waals surface area contributed by atoms with Crippen molar-refractivity contribution >= 4 is 17.7 Å². The van der Waals surface area contributed by atoms with E-state index in [0.717, 1.165) is 19.6 Å². The lowest BCUT2D eigenvalue weighted by Gasteiger charge is -2.36. The van der Waals surface area contributed by atoms with Gasteiger partial charge in [-0.1, -0.05) is 18.2 Å². The molecule has 1 fully saturated rings. The predicted octanol–water partition coefficient (Wildman–Crippen LogP) is 1.96. The molecule has 1 N–H and O–H groups in total. The van der Waals surface area contributed by atoms with Crippen LogP contribution in [0.15, 0.2) is 30.6 Å². The number of hydrogen-bond acceptors (Lipinski definition) is 4. The molecule has 1 aliphatic rings. The summed E-state index contributed by atoms with van der Waals surface area (Å²) in [5.74, 6) is 0.359. The Bertz CT molecular complexity index is 675. The molecule has 1 aliphatic heterocycles. The SMILES string of the molecule is CCn1cnc(NC(=O)N2CCN(c3ccccc3C)CC2)n1. The first kappa shape index (κ1) is 15.3. The highest BCUT2D eigenvalue weighted by molar-refractivity contribution is 5.87. The molecule has 3 rings (SSSR count). The molecule has 122 valence electrons. The van der Waals surface area contributed by atoms with Crippen LogP contribution in [0.1, 0.15) is 12.5 Å². The number of benzene rings is 1. The maximum Gasteiger partial charge on any atom is 0.324 e. The first-order valence-electron chi connectivity index (χ1n) is 7.93. The number of hydrogen-bond donors (Lipinski definition) is 1. The normalized spacial score (nSPS) is 14.9. The maximum absolute atomic E-state index is 12.3. The standard InChI is InChI=1S/C16H22N6O/c1-3-22-12-17-15(19-22)18-16(23)21-10-8-20(9-11-21)14-7-5-4-6-13(14)2/h4-7,12H,3,8-11H2,1-2H3,(H,18,19,23). The molecule has 1 aromatic heterocycles. The fourth-order valence-corrected chi connectivity index (χ4v) is 2.75. The number of nitrogens with one attached hydrogen (secondary N) is 1. The van der Waals surface area contributed by atoms with E-state index in [1.807, 2.05) is 13.0 Å². The second kappa shape index (κ2) is 6.68. The van der Waals surface area contributed by atoms with Crippen LogP contribution in [-0.2, 0) is 6.54 Å². The van der Waals surface area contributed by atoms with Crippen LogP contribution in [0.4, 0.5) is 16.4 Å². The summed E-state index contributed by atoms with van der Waals surface area (Å²) in [5, 5.41) is 6.93. The first-order valence-corrected chi connectivity index (χ1v) is 7.93. The number of urea groups is 1. The van der Waals surface area contributed by atoms with Gasteiger partial charge in [-0.25, -0.2) is 9.78 Å². The zero-order valence-corrected chi connectivity index (χ0v) is 13.6. The van der Waals surface area contributed by atoms with Crippen LogP contribution >= 0.6 is 0 Å². The summed E-state index contributed by atoms with van der Waals surface area (Å²) >= 11 is 0. The second-order valence-electron chi connectivity index (χ2n) is 5.61. The van der Waals surface area contributed by atoms with E-state index in [9.17, 15) is 4.79 Å². The number of para-hydroxylation sites is 1. The molecule has 1 aromatic carbocycles. The van der Waals surface area contributed by atoms with Crippen molar-refractivity contribution in [1.29, 1.82) is 0 Å². The summed E-state index contributed by atoms with van der Waals surface area (Å²) in [6, 6.07) is 8.21. The van der Waals surface area contributed by atoms with Gasteiger partial charge >= 0.3 is 6.03 Å². The van der Waals surface area contributed by atoms with Gasteiger partial charge < -0.3 is 9.80 Å². The Balaban J connectivity index is 1.56. The molecule has 2 aromatic rings. The van der Waals surface area contributed by atoms with Crippen molar-refractivity contribution in [2.24, 2.45) is 0 Å². The van der Waals surface area contributed by atoms with Gasteiger partial charge in [0.2, 0.25) is 5.95 Å². The lowest BCUT2D eigenvalue weighted by Crippen LogP contribution is -2.50. The maximum atomic E-state index is 12.3. The molecule has 7 nitrogen and oxygen atoms in total. The number of aryl methyl sites for hydroxylation is 2. The van der Waals surface area contributed by atoms with E-state index in [4.69, 9.17) is 0 Å². The number of rotatable bonds is 3. The molecule has 0 spiro atoms. The smallest absolute Gasteiger partial charge is 0.324 e. The molecule has 7 heteroatoms. The van der Waals surface area contributed by atoms with Crippen molar-refractivity contribution in [2.45, 2.75) is 20.4 Å². The summed E-state index contributed by atoms with van der Waals surface area (Å²) in [6.45, 7) is 7.86. The molecular weight excluding hydrogens is 292 g/mol. The van der Waals surface area contributed by atoms with Gasteiger partial charge in [0.1, 0.15) is 6.33 Å². The third-order valence-corrected chi connectivity index (χ3v) is 4.10. The fourth-order valence-electron chi connectivity index (χ4n) is 2.75. The van der Waals surface area contributed by atoms with E-state index >= 15 is 0 Å². The van der Waals surface area contributed by atoms with Crippen LogP contribution in [0, 0.1) is 6.92 Å². The average Bonchev–Trinajstić information content (AvgIpc) is 3.03. The van der Waals surface area contributed by atoms with Gasteiger partial charge in [0.05, 0.1) is 0 Å². The fraction of sp³-hybridized carbons (Fsp3) is 0.438. The number of amides is 2. The zero-order valence-electron chi connectivity index (χ0n) is 13.6. The van der Waals surface area contributed by atoms with Gasteiger partial charge in [0.25, 0.3) is 0 Å². The molecule has 23 heavy (non-hydrogen) atoms. The average molecular weight is 314 g/mol. The van der Waals surface area contributed by atoms with Crippen molar-refractivity contribution in [2.75, 3.05) is 36.4 Å². The Morgan fingerprint density at radius 2 is 1.96 bits per heavy atom. The van der Waals surface area contributed by atoms with Gasteiger partial charge in [-0.2, -0.15) is 0 Å². The lowest BCUT2D eigenvalue weighted by atomic mass is 10.1. The molecule has 2 heterocycles. The Morgan fingerprint density at radius 1 is 1.22 bits per heavy atom. The van der Waals surface area contributed by atoms with Crippen molar-refractivity contribution < 1.29 is 4.79 Å². The molecule has 0 aliphatic carbocycles. The number of piperazine rings is 1. The van der Waals surface area contributed by atoms with Crippen LogP contribution in [0.3, 0.4) is 0 Å². The summed E-state index contributed by atoms with van der Waals surface area (Å²) in [4.78, 5) is 20.5. The third-order valence-electron chi connectivity index (χ3n) is 4.10. The summed E-state index contributed by atoms with van der Waals surface area (Å²) in [5.41, 5.74) is 2.51. The van der Waals surface area contributed by atoms with Gasteiger partial charge in [-0.3, -0.25) is 10.00 Å². The van der Waals surface area contributed by atoms with Crippen LogP contribution in [0.25, 0.3) is 0 Å². The Labute approximate surface area is 135 Å². The van der Waals surface area contributed by atoms with Crippen molar-refractivity contribution in [3.8, 4) is 0 Å². The predicted molar refractivity (Wildman–Crippen MR) is 89.7 cm³/mol. The molecule has 0 atom stereocenters. The van der Waals surface area contributed by atoms with Crippen LogP contribution in [-0.4, -0.2) is 51.9 Å². The van der Waals surface area contributed by atoms with Gasteiger partial charge in [0.15, 0.2) is 0 Å². The highest BCUT2D eigenvalue weighted by Crippen LogP contribution is 2.20. The summed E-state index contributed by atoms with van der Waals surface area (Å²) in [6.07, 6.45) is 1.62. The third kappa shape index (κ3) is 3.44. The summed E-state index contributed by atoms with van der Waals surface area (Å²) in [7, 11) is 0. The van der Waals surface area contributed by atoms with E-state index in [-0.39, 0.29) is 6.03 Å². The molecule has 0 bridgehead atoms. The van der Waals surface area contributed by atoms with Gasteiger partial charge in [-0.15, -0.1) is 5.10 Å². The quantitative estimate of drug-likeness (QED) is 0.940. The second-order valence-corrected chi connectivity index (χ2v) is 5.61. The van der Waals surface area contributed by atoms with E-state index in [0.29, 0.717) is 19.0 Å². The monoisotopic (exact) mass is 314 g/mol. The first-order chi connectivity index (χ1) is 11.2. The minimum absolute atomic E-state index is 0.136. The molecule has 0 unspecified atom stereocenters. The molecule has 1 saturated heterocycles. The topological polar surface area (TPSA) is 66.3 Å². The zero-order chi connectivity index (χ0) is 16.2. The molecule has 0 radical (unpaired) electrons. The van der Waals surface area contributed by atoms with E-state index in [2.05, 4.69) is 45.4 Å². The van der Waals surface area contributed by atoms with Crippen molar-refractivity contribution in [3.63, 3.8) is 0 Å². The molecule has 2 amide bonds. The van der Waals surface area contributed by atoms with Crippen LogP contribution in [0.5, 0.6) is 0 Å². The highest BCUT2D eigenvalue weighted by atomic mass is 16.2. The number of aromatic nitrogens is 3. The Kier molecular flexibility index (Phi) is 4.45. The Hall–Kier alpha value is -2.57. The van der Waals surface area contributed by atoms with Crippen molar-refractivity contribution in [3.05, 3.63) is 36.2 Å². The van der Waals surface area contributed by atoms with Crippen LogP contribution in [0.2, 0.25) is 0 Å². The Morgan fingerprint density at radius 3 is 2.61 bits per heavy atom. The van der Waals surface area contributed by atoms with Crippen LogP contribution < -0.4 is 10.2 Å². The number of carbonyl (C=O) groups is 1. The molecular formula is C16H22N6O. The largest absolute Gasteiger partial charge is 0.368 e. The summed E-state index contributed by atoms with van der Waals surface area (Å²) < 4.78 is 1.69. The highest BCUT2D eigenvalue weighted by Gasteiger charge is 2.22. The van der Waals surface area contributed by atoms with E-state index < -0.39 is 0 Å². The van der Waals surface area contributed by atoms with E-state index in [1.165, 1.54) is 11.3 Å². The number of carbonyl (C=O) groups excluding carboxylic acids is 1. The number of nitrogens with zero attached hydrogens (tertiary/aromatic N) is 5. The minimum Gasteiger partial charge on any atom is -0.368 e. The lowest BCUT2D eigenvalue weighted by molar-refractivity contribution is 0.208. The van der Waals surface area contributed by atoms with E-state index in [1.54, 1.807) is 15.9 Å².